The van der Waals surface area contributed by atoms with Gasteiger partial charge in [0.25, 0.3) is 5.91 Å². The molecule has 1 aliphatic heterocycles. The summed E-state index contributed by atoms with van der Waals surface area (Å²) >= 11 is 0. The molecule has 2 heterocycles. The van der Waals surface area contributed by atoms with Gasteiger partial charge in [-0.1, -0.05) is 37.3 Å². The zero-order valence-corrected chi connectivity index (χ0v) is 18.0. The molecule has 160 valence electrons. The van der Waals surface area contributed by atoms with Gasteiger partial charge in [0.05, 0.1) is 5.69 Å². The average Bonchev–Trinajstić information content (AvgIpc) is 2.77. The second-order valence-electron chi connectivity index (χ2n) is 8.36. The van der Waals surface area contributed by atoms with E-state index in [0.29, 0.717) is 11.4 Å². The average molecular weight is 417 g/mol. The molecule has 3 aromatic rings. The third-order valence-electron chi connectivity index (χ3n) is 5.82. The number of aryl methyl sites for hydroxylation is 1. The van der Waals surface area contributed by atoms with Crippen molar-refractivity contribution in [1.82, 2.24) is 14.7 Å². The molecule has 1 amide bonds. The number of rotatable bonds is 5. The number of hydrogen-bond donors (Lipinski definition) is 1. The van der Waals surface area contributed by atoms with Crippen LogP contribution in [0.5, 0.6) is 0 Å². The van der Waals surface area contributed by atoms with Crippen LogP contribution in [0.4, 0.5) is 5.69 Å². The maximum atomic E-state index is 12.8. The molecule has 6 nitrogen and oxygen atoms in total. The highest BCUT2D eigenvalue weighted by atomic mass is 16.2. The lowest BCUT2D eigenvalue weighted by atomic mass is 9.99. The van der Waals surface area contributed by atoms with Crippen LogP contribution in [0, 0.1) is 12.8 Å². The smallest absolute Gasteiger partial charge is 0.280 e. The number of carbonyl (C=O) groups excluding carboxylic acids is 1. The zero-order chi connectivity index (χ0) is 21.8. The Kier molecular flexibility index (Phi) is 6.28. The molecule has 0 atom stereocenters. The van der Waals surface area contributed by atoms with Gasteiger partial charge >= 0.3 is 0 Å². The Morgan fingerprint density at radius 1 is 1.06 bits per heavy atom. The molecule has 0 spiro atoms. The summed E-state index contributed by atoms with van der Waals surface area (Å²) in [6.07, 6.45) is 2.50. The summed E-state index contributed by atoms with van der Waals surface area (Å²) in [5, 5.41) is 7.13. The number of anilines is 1. The highest BCUT2D eigenvalue weighted by Gasteiger charge is 2.17. The topological polar surface area (TPSA) is 67.2 Å². The lowest BCUT2D eigenvalue weighted by molar-refractivity contribution is 0.101. The van der Waals surface area contributed by atoms with Crippen LogP contribution >= 0.6 is 0 Å². The van der Waals surface area contributed by atoms with E-state index >= 15 is 0 Å². The molecule has 0 bridgehead atoms. The first-order valence-corrected chi connectivity index (χ1v) is 10.8. The van der Waals surface area contributed by atoms with E-state index in [1.807, 2.05) is 54.6 Å². The number of benzene rings is 2. The lowest BCUT2D eigenvalue weighted by Crippen LogP contribution is -2.32. The van der Waals surface area contributed by atoms with Gasteiger partial charge in [0.1, 0.15) is 0 Å². The van der Waals surface area contributed by atoms with E-state index < -0.39 is 11.3 Å². The molecule has 4 rings (SSSR count). The van der Waals surface area contributed by atoms with Gasteiger partial charge in [-0.25, -0.2) is 4.68 Å². The molecule has 1 N–H and O–H groups in total. The molecule has 1 saturated heterocycles. The summed E-state index contributed by atoms with van der Waals surface area (Å²) in [5.74, 6) is 0.308. The fourth-order valence-electron chi connectivity index (χ4n) is 3.90. The van der Waals surface area contributed by atoms with Crippen molar-refractivity contribution in [3.8, 4) is 5.69 Å². The van der Waals surface area contributed by atoms with Crippen molar-refractivity contribution in [2.45, 2.75) is 33.2 Å². The van der Waals surface area contributed by atoms with E-state index in [-0.39, 0.29) is 5.69 Å². The molecule has 0 unspecified atom stereocenters. The maximum absolute atomic E-state index is 12.8. The number of piperidine rings is 1. The first kappa shape index (κ1) is 21.0. The molecule has 2 aromatic carbocycles. The molecule has 6 heteroatoms. The molecule has 1 aromatic heterocycles. The van der Waals surface area contributed by atoms with Crippen molar-refractivity contribution in [3.63, 3.8) is 0 Å². The number of likely N-dealkylation sites (tertiary alicyclic amines) is 1. The van der Waals surface area contributed by atoms with Gasteiger partial charge in [-0.3, -0.25) is 14.5 Å². The molecule has 31 heavy (non-hydrogen) atoms. The summed E-state index contributed by atoms with van der Waals surface area (Å²) in [6.45, 7) is 7.29. The molecule has 0 aliphatic carbocycles. The van der Waals surface area contributed by atoms with E-state index in [1.165, 1.54) is 24.5 Å². The van der Waals surface area contributed by atoms with Gasteiger partial charge in [-0.15, -0.1) is 0 Å². The quantitative estimate of drug-likeness (QED) is 0.682. The van der Waals surface area contributed by atoms with Gasteiger partial charge in [0, 0.05) is 24.0 Å². The fraction of sp³-hybridized carbons (Fsp3) is 0.320. The fourth-order valence-corrected chi connectivity index (χ4v) is 3.90. The van der Waals surface area contributed by atoms with Gasteiger partial charge in [0.2, 0.25) is 5.43 Å². The van der Waals surface area contributed by atoms with Crippen LogP contribution in [0.15, 0.2) is 65.5 Å². The minimum atomic E-state index is -0.507. The number of hydrogen-bond acceptors (Lipinski definition) is 4. The van der Waals surface area contributed by atoms with Crippen molar-refractivity contribution >= 4 is 11.6 Å². The van der Waals surface area contributed by atoms with Crippen LogP contribution in [0.1, 0.15) is 41.5 Å². The lowest BCUT2D eigenvalue weighted by Gasteiger charge is -2.30. The monoisotopic (exact) mass is 416 g/mol. The van der Waals surface area contributed by atoms with E-state index in [4.69, 9.17) is 0 Å². The van der Waals surface area contributed by atoms with Crippen molar-refractivity contribution < 1.29 is 4.79 Å². The van der Waals surface area contributed by atoms with Gasteiger partial charge in [-0.05, 0) is 68.6 Å². The normalized spacial score (nSPS) is 15.0. The first-order valence-electron chi connectivity index (χ1n) is 10.8. The SMILES string of the molecule is Cc1cc(=O)c(C(=O)Nc2ccc(CN3CCC(C)CC3)cc2)nn1-c1ccccc1. The Balaban J connectivity index is 1.46. The van der Waals surface area contributed by atoms with Crippen LogP contribution in [0.25, 0.3) is 5.69 Å². The van der Waals surface area contributed by atoms with Crippen molar-refractivity contribution in [2.24, 2.45) is 5.92 Å². The van der Waals surface area contributed by atoms with Crippen LogP contribution in [-0.4, -0.2) is 33.7 Å². The standard InChI is InChI=1S/C25H28N4O2/c1-18-12-14-28(15-13-18)17-20-8-10-21(11-9-20)26-25(31)24-23(30)16-19(2)29(27-24)22-6-4-3-5-7-22/h3-11,16,18H,12-15,17H2,1-2H3,(H,26,31). The summed E-state index contributed by atoms with van der Waals surface area (Å²) in [5.41, 5.74) is 2.82. The third kappa shape index (κ3) is 5.09. The van der Waals surface area contributed by atoms with Crippen molar-refractivity contribution in [3.05, 3.63) is 87.8 Å². The maximum Gasteiger partial charge on any atom is 0.280 e. The molecule has 0 radical (unpaired) electrons. The van der Waals surface area contributed by atoms with E-state index in [0.717, 1.165) is 31.2 Å². The Bertz CT molecular complexity index is 1100. The van der Waals surface area contributed by atoms with Crippen LogP contribution in [0.2, 0.25) is 0 Å². The van der Waals surface area contributed by atoms with E-state index in [2.05, 4.69) is 22.2 Å². The highest BCUT2D eigenvalue weighted by molar-refractivity contribution is 6.02. The van der Waals surface area contributed by atoms with Crippen LogP contribution < -0.4 is 10.7 Å². The van der Waals surface area contributed by atoms with Crippen LogP contribution in [-0.2, 0) is 6.54 Å². The number of nitrogens with zero attached hydrogens (tertiary/aromatic N) is 3. The highest BCUT2D eigenvalue weighted by Crippen LogP contribution is 2.19. The van der Waals surface area contributed by atoms with Crippen molar-refractivity contribution in [2.75, 3.05) is 18.4 Å². The Labute approximate surface area is 182 Å². The second kappa shape index (κ2) is 9.27. The largest absolute Gasteiger partial charge is 0.320 e. The Hall–Kier alpha value is -3.25. The van der Waals surface area contributed by atoms with Gasteiger partial charge in [0.15, 0.2) is 5.69 Å². The number of aromatic nitrogens is 2. The predicted octanol–water partition coefficient (Wildman–Crippen LogP) is 4.03. The molecule has 0 saturated carbocycles. The third-order valence-corrected chi connectivity index (χ3v) is 5.82. The number of carbonyl (C=O) groups is 1. The summed E-state index contributed by atoms with van der Waals surface area (Å²) < 4.78 is 1.61. The Morgan fingerprint density at radius 2 is 1.74 bits per heavy atom. The first-order chi connectivity index (χ1) is 15.0. The minimum absolute atomic E-state index is 0.124. The Morgan fingerprint density at radius 3 is 2.42 bits per heavy atom. The number of nitrogens with one attached hydrogen (secondary N) is 1. The molecular weight excluding hydrogens is 388 g/mol. The number of amides is 1. The molecule has 1 aliphatic rings. The van der Waals surface area contributed by atoms with E-state index in [9.17, 15) is 9.59 Å². The zero-order valence-electron chi connectivity index (χ0n) is 18.0. The van der Waals surface area contributed by atoms with Gasteiger partial charge < -0.3 is 5.32 Å². The molecular formula is C25H28N4O2. The second-order valence-corrected chi connectivity index (χ2v) is 8.36. The summed E-state index contributed by atoms with van der Waals surface area (Å²) in [7, 11) is 0. The molecule has 1 fully saturated rings. The number of para-hydroxylation sites is 1. The van der Waals surface area contributed by atoms with Gasteiger partial charge in [-0.2, -0.15) is 5.10 Å². The summed E-state index contributed by atoms with van der Waals surface area (Å²) in [4.78, 5) is 27.6. The van der Waals surface area contributed by atoms with Crippen molar-refractivity contribution in [1.29, 1.82) is 0 Å². The summed E-state index contributed by atoms with van der Waals surface area (Å²) in [6, 6.07) is 18.7. The minimum Gasteiger partial charge on any atom is -0.320 e. The van der Waals surface area contributed by atoms with E-state index in [1.54, 1.807) is 11.6 Å². The predicted molar refractivity (Wildman–Crippen MR) is 123 cm³/mol. The van der Waals surface area contributed by atoms with Crippen LogP contribution in [0.3, 0.4) is 0 Å².